The van der Waals surface area contributed by atoms with Gasteiger partial charge in [-0.2, -0.15) is 0 Å². The zero-order valence-electron chi connectivity index (χ0n) is 9.92. The van der Waals surface area contributed by atoms with Gasteiger partial charge in [0, 0.05) is 6.04 Å². The van der Waals surface area contributed by atoms with Gasteiger partial charge in [0.25, 0.3) is 0 Å². The lowest BCUT2D eigenvalue weighted by molar-refractivity contribution is -0.136. The molecular formula is C11H14FNO4S. The molecule has 0 radical (unpaired) electrons. The van der Waals surface area contributed by atoms with E-state index < -0.39 is 33.1 Å². The zero-order valence-corrected chi connectivity index (χ0v) is 10.7. The van der Waals surface area contributed by atoms with Gasteiger partial charge in [0.1, 0.15) is 5.82 Å². The maximum Gasteiger partial charge on any atom is 0.323 e. The highest BCUT2D eigenvalue weighted by atomic mass is 32.2. The number of carboxylic acids is 1. The van der Waals surface area contributed by atoms with Crippen LogP contribution in [0.3, 0.4) is 0 Å². The van der Waals surface area contributed by atoms with Crippen molar-refractivity contribution in [3.63, 3.8) is 0 Å². The number of nitrogens with one attached hydrogen (secondary N) is 1. The predicted octanol–water partition coefficient (Wildman–Crippen LogP) is 1.28. The number of carbonyl (C=O) groups is 1. The highest BCUT2D eigenvalue weighted by molar-refractivity contribution is 7.90. The van der Waals surface area contributed by atoms with Gasteiger partial charge in [-0.25, -0.2) is 17.5 Å². The van der Waals surface area contributed by atoms with Crippen molar-refractivity contribution in [1.29, 1.82) is 0 Å². The van der Waals surface area contributed by atoms with Crippen LogP contribution in [0.25, 0.3) is 0 Å². The van der Waals surface area contributed by atoms with Gasteiger partial charge in [0.05, 0.1) is 0 Å². The first kappa shape index (κ1) is 14.6. The summed E-state index contributed by atoms with van der Waals surface area (Å²) in [6.07, 6.45) is 0. The van der Waals surface area contributed by atoms with Crippen molar-refractivity contribution < 1.29 is 22.7 Å². The number of halogens is 1. The van der Waals surface area contributed by atoms with E-state index in [0.717, 1.165) is 6.92 Å². The Balaban J connectivity index is 2.85. The topological polar surface area (TPSA) is 83.5 Å². The van der Waals surface area contributed by atoms with Gasteiger partial charge < -0.3 is 5.11 Å². The molecule has 0 amide bonds. The van der Waals surface area contributed by atoms with E-state index >= 15 is 0 Å². The predicted molar refractivity (Wildman–Crippen MR) is 64.0 cm³/mol. The van der Waals surface area contributed by atoms with Gasteiger partial charge in [-0.05, 0) is 31.5 Å². The molecule has 5 nitrogen and oxygen atoms in total. The molecule has 7 heteroatoms. The second kappa shape index (κ2) is 5.45. The van der Waals surface area contributed by atoms with Crippen LogP contribution in [0.15, 0.2) is 24.3 Å². The molecule has 1 rings (SSSR count). The molecule has 100 valence electrons. The Morgan fingerprint density at radius 3 is 2.22 bits per heavy atom. The molecule has 0 aliphatic heterocycles. The van der Waals surface area contributed by atoms with Crippen LogP contribution >= 0.6 is 0 Å². The molecule has 0 saturated heterocycles. The van der Waals surface area contributed by atoms with Gasteiger partial charge >= 0.3 is 5.97 Å². The molecule has 0 heterocycles. The summed E-state index contributed by atoms with van der Waals surface area (Å²) in [4.78, 5) is 10.6. The van der Waals surface area contributed by atoms with Crippen LogP contribution in [0.2, 0.25) is 0 Å². The summed E-state index contributed by atoms with van der Waals surface area (Å²) in [5.74, 6) is -1.85. The van der Waals surface area contributed by atoms with Crippen LogP contribution < -0.4 is 4.72 Å². The summed E-state index contributed by atoms with van der Waals surface area (Å²) < 4.78 is 38.3. The van der Waals surface area contributed by atoms with E-state index in [9.17, 15) is 17.6 Å². The fraction of sp³-hybridized carbons (Fsp3) is 0.364. The molecule has 0 bridgehead atoms. The molecule has 2 N–H and O–H groups in total. The summed E-state index contributed by atoms with van der Waals surface area (Å²) in [5.41, 5.74) is 0.553. The lowest BCUT2D eigenvalue weighted by atomic mass is 10.1. The Hall–Kier alpha value is -1.47. The third kappa shape index (κ3) is 3.51. The van der Waals surface area contributed by atoms with Gasteiger partial charge in [0.2, 0.25) is 10.0 Å². The number of benzene rings is 1. The van der Waals surface area contributed by atoms with Crippen LogP contribution in [0.4, 0.5) is 4.39 Å². The minimum absolute atomic E-state index is 0.423. The molecule has 18 heavy (non-hydrogen) atoms. The van der Waals surface area contributed by atoms with Gasteiger partial charge in [0.15, 0.2) is 5.25 Å². The van der Waals surface area contributed by atoms with Crippen LogP contribution in [0.1, 0.15) is 25.5 Å². The number of hydrogen-bond acceptors (Lipinski definition) is 3. The average Bonchev–Trinajstić information content (AvgIpc) is 2.28. The quantitative estimate of drug-likeness (QED) is 0.848. The second-order valence-corrected chi connectivity index (χ2v) is 5.95. The number of aliphatic carboxylic acids is 1. The molecule has 0 saturated carbocycles. The van der Waals surface area contributed by atoms with Crippen molar-refractivity contribution >= 4 is 16.0 Å². The first-order valence-corrected chi connectivity index (χ1v) is 6.78. The Kier molecular flexibility index (Phi) is 4.42. The highest BCUT2D eigenvalue weighted by Gasteiger charge is 2.29. The van der Waals surface area contributed by atoms with Crippen molar-refractivity contribution in [1.82, 2.24) is 4.72 Å². The molecule has 1 aromatic carbocycles. The number of sulfonamides is 1. The van der Waals surface area contributed by atoms with E-state index in [-0.39, 0.29) is 0 Å². The Morgan fingerprint density at radius 1 is 1.28 bits per heavy atom. The first-order chi connectivity index (χ1) is 8.24. The summed E-state index contributed by atoms with van der Waals surface area (Å²) in [5, 5.41) is 7.13. The maximum atomic E-state index is 12.7. The van der Waals surface area contributed by atoms with E-state index in [1.165, 1.54) is 24.3 Å². The third-order valence-corrected chi connectivity index (χ3v) is 4.34. The number of carboxylic acid groups (broad SMARTS) is 1. The Labute approximate surface area is 105 Å². The molecule has 1 unspecified atom stereocenters. The van der Waals surface area contributed by atoms with Gasteiger partial charge in [-0.3, -0.25) is 4.79 Å². The van der Waals surface area contributed by atoms with E-state index in [0.29, 0.717) is 5.56 Å². The second-order valence-electron chi connectivity index (χ2n) is 3.92. The van der Waals surface area contributed by atoms with Crippen molar-refractivity contribution in [3.8, 4) is 0 Å². The summed E-state index contributed by atoms with van der Waals surface area (Å²) in [7, 11) is -3.96. The Bertz CT molecular complexity index is 526. The molecule has 0 aliphatic carbocycles. The molecule has 0 spiro atoms. The van der Waals surface area contributed by atoms with E-state index in [4.69, 9.17) is 5.11 Å². The van der Waals surface area contributed by atoms with Crippen molar-refractivity contribution in [2.24, 2.45) is 0 Å². The zero-order chi connectivity index (χ0) is 13.9. The van der Waals surface area contributed by atoms with E-state index in [2.05, 4.69) is 4.72 Å². The van der Waals surface area contributed by atoms with Gasteiger partial charge in [-0.1, -0.05) is 12.1 Å². The molecule has 2 atom stereocenters. The lowest BCUT2D eigenvalue weighted by Crippen LogP contribution is -2.38. The lowest BCUT2D eigenvalue weighted by Gasteiger charge is -2.16. The summed E-state index contributed by atoms with van der Waals surface area (Å²) in [6.45, 7) is 2.64. The first-order valence-electron chi connectivity index (χ1n) is 5.23. The largest absolute Gasteiger partial charge is 0.480 e. The monoisotopic (exact) mass is 275 g/mol. The standard InChI is InChI=1S/C11H14FNO4S/c1-7(9-3-5-10(12)6-4-9)13-18(16,17)8(2)11(14)15/h3-8,13H,1-2H3,(H,14,15)/t7-,8?/m0/s1. The average molecular weight is 275 g/mol. The third-order valence-electron chi connectivity index (χ3n) is 2.52. The minimum atomic E-state index is -3.96. The van der Waals surface area contributed by atoms with E-state index in [1.54, 1.807) is 6.92 Å². The van der Waals surface area contributed by atoms with Crippen molar-refractivity contribution in [2.45, 2.75) is 25.1 Å². The maximum absolute atomic E-state index is 12.7. The summed E-state index contributed by atoms with van der Waals surface area (Å²) >= 11 is 0. The van der Waals surface area contributed by atoms with Crippen LogP contribution in [-0.2, 0) is 14.8 Å². The molecular weight excluding hydrogens is 261 g/mol. The minimum Gasteiger partial charge on any atom is -0.480 e. The molecule has 0 aromatic heterocycles. The van der Waals surface area contributed by atoms with Crippen LogP contribution in [-0.4, -0.2) is 24.7 Å². The fourth-order valence-electron chi connectivity index (χ4n) is 1.30. The van der Waals surface area contributed by atoms with Crippen LogP contribution in [0.5, 0.6) is 0 Å². The van der Waals surface area contributed by atoms with Gasteiger partial charge in [-0.15, -0.1) is 0 Å². The molecule has 0 aliphatic rings. The molecule has 1 aromatic rings. The molecule has 0 fully saturated rings. The Morgan fingerprint density at radius 2 is 1.78 bits per heavy atom. The fourth-order valence-corrected chi connectivity index (χ4v) is 2.40. The summed E-state index contributed by atoms with van der Waals surface area (Å²) in [6, 6.07) is 4.67. The normalized spacial score (nSPS) is 15.1. The number of hydrogen-bond donors (Lipinski definition) is 2. The SMILES string of the molecule is CC(C(=O)O)S(=O)(=O)N[C@@H](C)c1ccc(F)cc1. The smallest absolute Gasteiger partial charge is 0.323 e. The van der Waals surface area contributed by atoms with Crippen molar-refractivity contribution in [2.75, 3.05) is 0 Å². The highest BCUT2D eigenvalue weighted by Crippen LogP contribution is 2.15. The van der Waals surface area contributed by atoms with Crippen molar-refractivity contribution in [3.05, 3.63) is 35.6 Å². The van der Waals surface area contributed by atoms with Crippen LogP contribution in [0, 0.1) is 5.82 Å². The van der Waals surface area contributed by atoms with E-state index in [1.807, 2.05) is 0 Å². The number of rotatable bonds is 5.